The van der Waals surface area contributed by atoms with Gasteiger partial charge in [0.2, 0.25) is 0 Å². The molecule has 0 fully saturated rings. The third-order valence-electron chi connectivity index (χ3n) is 1.98. The van der Waals surface area contributed by atoms with E-state index in [1.165, 1.54) is 20.5 Å². The predicted molar refractivity (Wildman–Crippen MR) is 62.2 cm³/mol. The molecule has 2 rings (SSSR count). The normalized spacial score (nSPS) is 10.3. The summed E-state index contributed by atoms with van der Waals surface area (Å²) in [6.45, 7) is 2.10. The summed E-state index contributed by atoms with van der Waals surface area (Å²) in [7, 11) is 0. The number of hydrogen-bond acceptors (Lipinski definition) is 1. The molecule has 1 heterocycles. The molecule has 0 amide bonds. The van der Waals surface area contributed by atoms with Crippen molar-refractivity contribution in [3.05, 3.63) is 45.7 Å². The van der Waals surface area contributed by atoms with Crippen LogP contribution in [0.3, 0.4) is 0 Å². The maximum absolute atomic E-state index is 3.54. The van der Waals surface area contributed by atoms with Crippen LogP contribution in [-0.2, 0) is 0 Å². The summed E-state index contributed by atoms with van der Waals surface area (Å²) >= 11 is 5.31. The third-order valence-corrected chi connectivity index (χ3v) is 3.75. The zero-order valence-corrected chi connectivity index (χ0v) is 9.65. The fraction of sp³-hybridized carbons (Fsp3) is 0.0909. The summed E-state index contributed by atoms with van der Waals surface area (Å²) in [5.74, 6) is 0. The Bertz CT molecular complexity index is 404. The fourth-order valence-corrected chi connectivity index (χ4v) is 2.29. The average Bonchev–Trinajstić information content (AvgIpc) is 2.62. The molecular formula is C11H9BrS. The van der Waals surface area contributed by atoms with Gasteiger partial charge in [-0.25, -0.2) is 0 Å². The molecule has 0 aliphatic carbocycles. The number of thiophene rings is 1. The highest BCUT2D eigenvalue weighted by molar-refractivity contribution is 9.10. The van der Waals surface area contributed by atoms with Crippen molar-refractivity contribution in [3.63, 3.8) is 0 Å². The van der Waals surface area contributed by atoms with E-state index in [0.29, 0.717) is 0 Å². The van der Waals surface area contributed by atoms with E-state index in [1.54, 1.807) is 11.3 Å². The Morgan fingerprint density at radius 1 is 1.23 bits per heavy atom. The Kier molecular flexibility index (Phi) is 2.51. The minimum Gasteiger partial charge on any atom is -0.144 e. The summed E-state index contributed by atoms with van der Waals surface area (Å²) in [6.07, 6.45) is 0. The molecule has 0 nitrogen and oxygen atoms in total. The molecule has 0 radical (unpaired) electrons. The summed E-state index contributed by atoms with van der Waals surface area (Å²) in [5, 5.41) is 2.10. The van der Waals surface area contributed by atoms with Crippen LogP contribution in [0.2, 0.25) is 0 Å². The molecule has 0 aliphatic rings. The first-order valence-electron chi connectivity index (χ1n) is 4.07. The lowest BCUT2D eigenvalue weighted by Crippen LogP contribution is -1.76. The van der Waals surface area contributed by atoms with Gasteiger partial charge in [-0.2, -0.15) is 0 Å². The molecule has 0 saturated heterocycles. The molecule has 0 saturated carbocycles. The van der Waals surface area contributed by atoms with Crippen molar-refractivity contribution in [1.29, 1.82) is 0 Å². The van der Waals surface area contributed by atoms with Crippen molar-refractivity contribution in [3.8, 4) is 10.4 Å². The van der Waals surface area contributed by atoms with Crippen molar-refractivity contribution in [2.24, 2.45) is 0 Å². The molecule has 0 unspecified atom stereocenters. The highest BCUT2D eigenvalue weighted by Crippen LogP contribution is 2.28. The Hall–Kier alpha value is -0.600. The van der Waals surface area contributed by atoms with Gasteiger partial charge in [-0.3, -0.25) is 0 Å². The average molecular weight is 253 g/mol. The van der Waals surface area contributed by atoms with Gasteiger partial charge in [0.05, 0.1) is 0 Å². The standard InChI is InChI=1S/C11H9BrS/c1-8-4-5-9(7-10(8)12)11-3-2-6-13-11/h2-7H,1H3. The molecule has 1 aromatic carbocycles. The highest BCUT2D eigenvalue weighted by atomic mass is 79.9. The number of halogens is 1. The minimum atomic E-state index is 1.18. The summed E-state index contributed by atoms with van der Waals surface area (Å²) in [5.41, 5.74) is 2.56. The Morgan fingerprint density at radius 3 is 2.69 bits per heavy atom. The highest BCUT2D eigenvalue weighted by Gasteiger charge is 2.00. The molecular weight excluding hydrogens is 244 g/mol. The smallest absolute Gasteiger partial charge is 0.0343 e. The first kappa shape index (κ1) is 8.97. The monoisotopic (exact) mass is 252 g/mol. The molecule has 0 bridgehead atoms. The van der Waals surface area contributed by atoms with E-state index in [9.17, 15) is 0 Å². The summed E-state index contributed by atoms with van der Waals surface area (Å²) in [6, 6.07) is 10.7. The van der Waals surface area contributed by atoms with E-state index in [1.807, 2.05) is 0 Å². The van der Waals surface area contributed by atoms with Crippen molar-refractivity contribution in [2.45, 2.75) is 6.92 Å². The molecule has 2 aromatic rings. The first-order valence-corrected chi connectivity index (χ1v) is 5.74. The summed E-state index contributed by atoms with van der Waals surface area (Å²) < 4.78 is 1.18. The van der Waals surface area contributed by atoms with Gasteiger partial charge >= 0.3 is 0 Å². The maximum atomic E-state index is 3.54. The molecule has 0 N–H and O–H groups in total. The second-order valence-electron chi connectivity index (χ2n) is 2.94. The van der Waals surface area contributed by atoms with Crippen LogP contribution in [-0.4, -0.2) is 0 Å². The number of benzene rings is 1. The molecule has 1 aromatic heterocycles. The molecule has 2 heteroatoms. The zero-order valence-electron chi connectivity index (χ0n) is 7.25. The van der Waals surface area contributed by atoms with Crippen LogP contribution in [0.1, 0.15) is 5.56 Å². The van der Waals surface area contributed by atoms with Crippen LogP contribution in [0.25, 0.3) is 10.4 Å². The minimum absolute atomic E-state index is 1.18. The number of hydrogen-bond donors (Lipinski definition) is 0. The second kappa shape index (κ2) is 3.64. The van der Waals surface area contributed by atoms with Crippen LogP contribution in [0, 0.1) is 6.92 Å². The summed E-state index contributed by atoms with van der Waals surface area (Å²) in [4.78, 5) is 1.32. The number of aryl methyl sites for hydroxylation is 1. The third kappa shape index (κ3) is 1.84. The molecule has 13 heavy (non-hydrogen) atoms. The molecule has 0 spiro atoms. The largest absolute Gasteiger partial charge is 0.144 e. The van der Waals surface area contributed by atoms with Crippen molar-refractivity contribution < 1.29 is 0 Å². The van der Waals surface area contributed by atoms with E-state index >= 15 is 0 Å². The Balaban J connectivity index is 2.49. The zero-order chi connectivity index (χ0) is 9.26. The van der Waals surface area contributed by atoms with E-state index < -0.39 is 0 Å². The van der Waals surface area contributed by atoms with E-state index in [2.05, 4.69) is 58.6 Å². The lowest BCUT2D eigenvalue weighted by atomic mass is 10.1. The topological polar surface area (TPSA) is 0 Å². The predicted octanol–water partition coefficient (Wildman–Crippen LogP) is 4.49. The van der Waals surface area contributed by atoms with Crippen molar-refractivity contribution in [1.82, 2.24) is 0 Å². The lowest BCUT2D eigenvalue weighted by Gasteiger charge is -2.01. The molecule has 0 aliphatic heterocycles. The lowest BCUT2D eigenvalue weighted by molar-refractivity contribution is 1.43. The fourth-order valence-electron chi connectivity index (χ4n) is 1.19. The van der Waals surface area contributed by atoms with Crippen LogP contribution < -0.4 is 0 Å². The van der Waals surface area contributed by atoms with Crippen LogP contribution in [0.5, 0.6) is 0 Å². The van der Waals surface area contributed by atoms with Crippen LogP contribution in [0.4, 0.5) is 0 Å². The van der Waals surface area contributed by atoms with Crippen molar-refractivity contribution in [2.75, 3.05) is 0 Å². The SMILES string of the molecule is Cc1ccc(-c2cccs2)cc1Br. The van der Waals surface area contributed by atoms with Gasteiger partial charge in [-0.05, 0) is 35.6 Å². The van der Waals surface area contributed by atoms with Crippen LogP contribution >= 0.6 is 27.3 Å². The number of rotatable bonds is 1. The van der Waals surface area contributed by atoms with Crippen molar-refractivity contribution >= 4 is 27.3 Å². The molecule has 0 atom stereocenters. The molecule has 66 valence electrons. The van der Waals surface area contributed by atoms with Gasteiger partial charge in [0, 0.05) is 9.35 Å². The first-order chi connectivity index (χ1) is 6.27. The van der Waals surface area contributed by atoms with Crippen LogP contribution in [0.15, 0.2) is 40.2 Å². The van der Waals surface area contributed by atoms with Gasteiger partial charge in [0.1, 0.15) is 0 Å². The Morgan fingerprint density at radius 2 is 2.08 bits per heavy atom. The second-order valence-corrected chi connectivity index (χ2v) is 4.74. The quantitative estimate of drug-likeness (QED) is 0.702. The van der Waals surface area contributed by atoms with E-state index in [-0.39, 0.29) is 0 Å². The van der Waals surface area contributed by atoms with Gasteiger partial charge in [0.25, 0.3) is 0 Å². The maximum Gasteiger partial charge on any atom is 0.0343 e. The Labute approximate surface area is 90.4 Å². The van der Waals surface area contributed by atoms with E-state index in [4.69, 9.17) is 0 Å². The van der Waals surface area contributed by atoms with Gasteiger partial charge in [-0.1, -0.05) is 34.1 Å². The van der Waals surface area contributed by atoms with Gasteiger partial charge in [-0.15, -0.1) is 11.3 Å². The van der Waals surface area contributed by atoms with Gasteiger partial charge < -0.3 is 0 Å². The van der Waals surface area contributed by atoms with Gasteiger partial charge in [0.15, 0.2) is 0 Å². The van der Waals surface area contributed by atoms with E-state index in [0.717, 1.165) is 0 Å².